The summed E-state index contributed by atoms with van der Waals surface area (Å²) >= 11 is 3.07. The zero-order valence-electron chi connectivity index (χ0n) is 13.3. The number of amidine groups is 1. The first kappa shape index (κ1) is 15.4. The van der Waals surface area contributed by atoms with Gasteiger partial charge in [-0.3, -0.25) is 9.69 Å². The number of fused-ring (bicyclic) bond motifs is 1. The molecule has 2 aromatic rings. The number of anilines is 1. The van der Waals surface area contributed by atoms with E-state index in [2.05, 4.69) is 22.0 Å². The van der Waals surface area contributed by atoms with Gasteiger partial charge in [0.1, 0.15) is 4.91 Å². The van der Waals surface area contributed by atoms with E-state index in [0.29, 0.717) is 5.17 Å². The smallest absolute Gasteiger partial charge is 0.269 e. The van der Waals surface area contributed by atoms with Crippen LogP contribution in [0.15, 0.2) is 74.4 Å². The Kier molecular flexibility index (Phi) is 3.86. The predicted octanol–water partition coefficient (Wildman–Crippen LogP) is 4.29. The highest BCUT2D eigenvalue weighted by Gasteiger charge is 2.37. The van der Waals surface area contributed by atoms with Crippen LogP contribution in [0.3, 0.4) is 0 Å². The highest BCUT2D eigenvalue weighted by molar-refractivity contribution is 8.19. The van der Waals surface area contributed by atoms with Crippen LogP contribution >= 0.6 is 23.5 Å². The van der Waals surface area contributed by atoms with E-state index < -0.39 is 0 Å². The molecule has 0 unspecified atom stereocenters. The van der Waals surface area contributed by atoms with E-state index in [1.807, 2.05) is 49.5 Å². The molecule has 0 N–H and O–H groups in total. The maximum Gasteiger partial charge on any atom is 0.269 e. The van der Waals surface area contributed by atoms with Crippen molar-refractivity contribution in [1.82, 2.24) is 4.90 Å². The highest BCUT2D eigenvalue weighted by Crippen LogP contribution is 2.49. The van der Waals surface area contributed by atoms with E-state index in [0.717, 1.165) is 21.3 Å². The Morgan fingerprint density at radius 2 is 1.58 bits per heavy atom. The van der Waals surface area contributed by atoms with E-state index in [4.69, 9.17) is 0 Å². The van der Waals surface area contributed by atoms with Gasteiger partial charge in [-0.05, 0) is 36.0 Å². The number of hydrogen-bond donors (Lipinski definition) is 0. The molecule has 0 bridgehead atoms. The molecule has 1 amide bonds. The van der Waals surface area contributed by atoms with Gasteiger partial charge in [0.05, 0.1) is 16.4 Å². The number of benzene rings is 2. The molecule has 0 saturated carbocycles. The Bertz CT molecular complexity index is 877. The summed E-state index contributed by atoms with van der Waals surface area (Å²) in [5.74, 6) is -0.00293. The fourth-order valence-electron chi connectivity index (χ4n) is 2.59. The molecule has 24 heavy (non-hydrogen) atoms. The van der Waals surface area contributed by atoms with E-state index in [9.17, 15) is 4.79 Å². The van der Waals surface area contributed by atoms with Gasteiger partial charge in [0.25, 0.3) is 5.91 Å². The largest absolute Gasteiger partial charge is 0.337 e. The zero-order valence-corrected chi connectivity index (χ0v) is 14.9. The van der Waals surface area contributed by atoms with Crippen molar-refractivity contribution in [3.8, 4) is 0 Å². The van der Waals surface area contributed by atoms with Crippen molar-refractivity contribution in [2.24, 2.45) is 4.99 Å². The molecular weight excluding hydrogens is 338 g/mol. The molecule has 0 spiro atoms. The number of hydrogen-bond acceptors (Lipinski definition) is 5. The molecule has 0 aliphatic carbocycles. The second-order valence-corrected chi connectivity index (χ2v) is 7.47. The molecule has 6 heteroatoms. The molecule has 1 saturated heterocycles. The molecule has 2 aliphatic rings. The lowest BCUT2D eigenvalue weighted by Crippen LogP contribution is -2.24. The third-order valence-electron chi connectivity index (χ3n) is 3.89. The molecule has 120 valence electrons. The molecule has 2 aromatic carbocycles. The van der Waals surface area contributed by atoms with Crippen LogP contribution in [0, 0.1) is 0 Å². The number of carbonyl (C=O) groups excluding carboxylic acids is 1. The lowest BCUT2D eigenvalue weighted by atomic mass is 10.3. The lowest BCUT2D eigenvalue weighted by molar-refractivity contribution is -0.121. The van der Waals surface area contributed by atoms with Crippen molar-refractivity contribution in [2.45, 2.75) is 4.90 Å². The van der Waals surface area contributed by atoms with Gasteiger partial charge in [-0.25, -0.2) is 4.99 Å². The first-order chi connectivity index (χ1) is 11.6. The van der Waals surface area contributed by atoms with Crippen LogP contribution in [-0.4, -0.2) is 30.1 Å². The number of amides is 1. The molecule has 2 heterocycles. The Morgan fingerprint density at radius 1 is 0.875 bits per heavy atom. The van der Waals surface area contributed by atoms with Gasteiger partial charge in [0, 0.05) is 19.0 Å². The number of thioether (sulfide) groups is 2. The number of carbonyl (C=O) groups is 1. The van der Waals surface area contributed by atoms with E-state index in [-0.39, 0.29) is 5.91 Å². The van der Waals surface area contributed by atoms with Crippen LogP contribution in [0.25, 0.3) is 0 Å². The third-order valence-corrected chi connectivity index (χ3v) is 6.38. The number of rotatable bonds is 1. The summed E-state index contributed by atoms with van der Waals surface area (Å²) in [6, 6.07) is 17.9. The summed E-state index contributed by atoms with van der Waals surface area (Å²) in [5, 5.41) is 1.68. The normalized spacial score (nSPS) is 21.8. The Balaban J connectivity index is 1.71. The standard InChI is InChI=1S/C18H15N3OS2/c1-20-13-10-6-7-11-14(13)23-17(20)15-16(22)21(2)18(24-15)19-12-8-4-3-5-9-12/h3-11H,1-2H3/b17-15+,19-18?. The molecule has 2 aliphatic heterocycles. The van der Waals surface area contributed by atoms with Gasteiger partial charge in [0.15, 0.2) is 5.17 Å². The average Bonchev–Trinajstić information content (AvgIpc) is 3.08. The van der Waals surface area contributed by atoms with Crippen LogP contribution < -0.4 is 4.90 Å². The monoisotopic (exact) mass is 353 g/mol. The minimum absolute atomic E-state index is 0.00293. The Morgan fingerprint density at radius 3 is 2.33 bits per heavy atom. The van der Waals surface area contributed by atoms with Crippen LogP contribution in [0.1, 0.15) is 0 Å². The minimum Gasteiger partial charge on any atom is -0.337 e. The number of aliphatic imine (C=N–C) groups is 1. The van der Waals surface area contributed by atoms with Crippen molar-refractivity contribution >= 4 is 46.0 Å². The van der Waals surface area contributed by atoms with Gasteiger partial charge in [-0.2, -0.15) is 0 Å². The molecule has 0 atom stereocenters. The van der Waals surface area contributed by atoms with Gasteiger partial charge >= 0.3 is 0 Å². The van der Waals surface area contributed by atoms with E-state index in [1.54, 1.807) is 23.7 Å². The summed E-state index contributed by atoms with van der Waals surface area (Å²) in [7, 11) is 3.78. The molecule has 1 fully saturated rings. The molecule has 0 radical (unpaired) electrons. The quantitative estimate of drug-likeness (QED) is 0.717. The van der Waals surface area contributed by atoms with Crippen molar-refractivity contribution < 1.29 is 4.79 Å². The van der Waals surface area contributed by atoms with Crippen molar-refractivity contribution in [3.63, 3.8) is 0 Å². The van der Waals surface area contributed by atoms with Gasteiger partial charge in [0.2, 0.25) is 0 Å². The van der Waals surface area contributed by atoms with Crippen LogP contribution in [0.4, 0.5) is 11.4 Å². The molecule has 4 nitrogen and oxygen atoms in total. The average molecular weight is 353 g/mol. The van der Waals surface area contributed by atoms with Gasteiger partial charge in [-0.1, -0.05) is 42.1 Å². The van der Waals surface area contributed by atoms with Crippen molar-refractivity contribution in [2.75, 3.05) is 19.0 Å². The SMILES string of the molecule is CN1C(=O)/C(=C2\Sc3ccccc3N2C)SC1=Nc1ccccc1. The summed E-state index contributed by atoms with van der Waals surface area (Å²) in [6.45, 7) is 0. The fraction of sp³-hybridized carbons (Fsp3) is 0.111. The first-order valence-corrected chi connectivity index (χ1v) is 9.13. The van der Waals surface area contributed by atoms with Crippen molar-refractivity contribution in [1.29, 1.82) is 0 Å². The Hall–Kier alpha value is -2.18. The minimum atomic E-state index is -0.00293. The van der Waals surface area contributed by atoms with Crippen molar-refractivity contribution in [3.05, 3.63) is 64.5 Å². The first-order valence-electron chi connectivity index (χ1n) is 7.49. The number of para-hydroxylation sites is 2. The summed E-state index contributed by atoms with van der Waals surface area (Å²) in [6.07, 6.45) is 0. The van der Waals surface area contributed by atoms with Gasteiger partial charge < -0.3 is 4.90 Å². The van der Waals surface area contributed by atoms with E-state index >= 15 is 0 Å². The fourth-order valence-corrected chi connectivity index (χ4v) is 4.92. The predicted molar refractivity (Wildman–Crippen MR) is 102 cm³/mol. The topological polar surface area (TPSA) is 35.9 Å². The lowest BCUT2D eigenvalue weighted by Gasteiger charge is -2.14. The summed E-state index contributed by atoms with van der Waals surface area (Å²) < 4.78 is 0. The summed E-state index contributed by atoms with van der Waals surface area (Å²) in [5.41, 5.74) is 1.98. The van der Waals surface area contributed by atoms with Crippen LogP contribution in [0.2, 0.25) is 0 Å². The molecule has 0 aromatic heterocycles. The highest BCUT2D eigenvalue weighted by atomic mass is 32.2. The zero-order chi connectivity index (χ0) is 16.7. The van der Waals surface area contributed by atoms with Crippen LogP contribution in [-0.2, 0) is 4.79 Å². The molecular formula is C18H15N3OS2. The second kappa shape index (κ2) is 6.03. The number of nitrogens with zero attached hydrogens (tertiary/aromatic N) is 3. The van der Waals surface area contributed by atoms with Crippen LogP contribution in [0.5, 0.6) is 0 Å². The summed E-state index contributed by atoms with van der Waals surface area (Å²) in [4.78, 5) is 22.9. The number of likely N-dealkylation sites (N-methyl/N-ethyl adjacent to an activating group) is 1. The maximum atomic E-state index is 12.7. The van der Waals surface area contributed by atoms with Gasteiger partial charge in [-0.15, -0.1) is 0 Å². The molecule has 4 rings (SSSR count). The third kappa shape index (κ3) is 2.52. The van der Waals surface area contributed by atoms with E-state index in [1.165, 1.54) is 16.7 Å². The maximum absolute atomic E-state index is 12.7. The Labute approximate surface area is 149 Å². The second-order valence-electron chi connectivity index (χ2n) is 5.46.